The first-order valence-electron chi connectivity index (χ1n) is 9.71. The van der Waals surface area contributed by atoms with Gasteiger partial charge in [-0.1, -0.05) is 32.9 Å². The van der Waals surface area contributed by atoms with Crippen molar-refractivity contribution in [1.82, 2.24) is 10.3 Å². The second kappa shape index (κ2) is 7.82. The average Bonchev–Trinajstić information content (AvgIpc) is 3.49. The van der Waals surface area contributed by atoms with Crippen molar-refractivity contribution in [3.8, 4) is 11.1 Å². The molecule has 2 aromatic rings. The van der Waals surface area contributed by atoms with Gasteiger partial charge in [0.05, 0.1) is 0 Å². The number of benzene rings is 1. The summed E-state index contributed by atoms with van der Waals surface area (Å²) >= 11 is 0. The van der Waals surface area contributed by atoms with Crippen molar-refractivity contribution in [3.63, 3.8) is 0 Å². The van der Waals surface area contributed by atoms with Gasteiger partial charge in [0.15, 0.2) is 5.78 Å². The van der Waals surface area contributed by atoms with E-state index in [1.807, 2.05) is 39.0 Å². The van der Waals surface area contributed by atoms with Crippen LogP contribution in [0.2, 0.25) is 0 Å². The number of amides is 1. The van der Waals surface area contributed by atoms with Crippen LogP contribution in [0.15, 0.2) is 36.5 Å². The van der Waals surface area contributed by atoms with Gasteiger partial charge in [-0.2, -0.15) is 4.39 Å². The molecular formula is C23H27FN2O2. The third-order valence-corrected chi connectivity index (χ3v) is 5.43. The van der Waals surface area contributed by atoms with E-state index >= 15 is 0 Å². The number of nitrogens with one attached hydrogen (secondary N) is 1. The van der Waals surface area contributed by atoms with Crippen molar-refractivity contribution >= 4 is 11.7 Å². The third kappa shape index (κ3) is 4.46. The van der Waals surface area contributed by atoms with Crippen molar-refractivity contribution < 1.29 is 14.0 Å². The number of nitrogens with zero attached hydrogens (tertiary/aromatic N) is 1. The molecule has 148 valence electrons. The van der Waals surface area contributed by atoms with Gasteiger partial charge in [-0.05, 0) is 53.5 Å². The Hall–Kier alpha value is -2.56. The van der Waals surface area contributed by atoms with Crippen LogP contribution >= 0.6 is 0 Å². The fourth-order valence-electron chi connectivity index (χ4n) is 3.53. The Morgan fingerprint density at radius 1 is 1.21 bits per heavy atom. The molecule has 1 N–H and O–H groups in total. The molecule has 5 heteroatoms. The quantitative estimate of drug-likeness (QED) is 0.579. The summed E-state index contributed by atoms with van der Waals surface area (Å²) in [5.41, 5.74) is 3.14. The first-order chi connectivity index (χ1) is 13.2. The van der Waals surface area contributed by atoms with E-state index in [9.17, 15) is 14.0 Å². The Labute approximate surface area is 165 Å². The molecule has 1 aliphatic carbocycles. The summed E-state index contributed by atoms with van der Waals surface area (Å²) < 4.78 is 13.2. The van der Waals surface area contributed by atoms with Crippen molar-refractivity contribution in [2.24, 2.45) is 11.3 Å². The third-order valence-electron chi connectivity index (χ3n) is 5.43. The standard InChI is InChI=1S/C23H27FN2O2/c1-23(2,3)19(22(28)25-4)12-20(27)15-7-9-17(14-5-6-14)18(11-15)16-8-10-21(24)26-13-16/h7-11,13-14,19H,5-6,12H2,1-4H3,(H,25,28)/t19-/m1/s1. The Kier molecular flexibility index (Phi) is 5.64. The number of Topliss-reactive ketones (excluding diaryl/α,β-unsaturated/α-hetero) is 1. The minimum absolute atomic E-state index is 0.0674. The molecule has 0 bridgehead atoms. The summed E-state index contributed by atoms with van der Waals surface area (Å²) in [5.74, 6) is -0.649. The molecule has 1 fully saturated rings. The minimum Gasteiger partial charge on any atom is -0.359 e. The summed E-state index contributed by atoms with van der Waals surface area (Å²) in [5, 5.41) is 2.67. The topological polar surface area (TPSA) is 59.1 Å². The van der Waals surface area contributed by atoms with E-state index in [0.29, 0.717) is 11.5 Å². The van der Waals surface area contributed by atoms with E-state index in [1.54, 1.807) is 13.1 Å². The number of carbonyl (C=O) groups is 2. The highest BCUT2D eigenvalue weighted by molar-refractivity contribution is 6.00. The van der Waals surface area contributed by atoms with Crippen LogP contribution in [0, 0.1) is 17.3 Å². The van der Waals surface area contributed by atoms with Crippen LogP contribution in [0.4, 0.5) is 4.39 Å². The fourth-order valence-corrected chi connectivity index (χ4v) is 3.53. The van der Waals surface area contributed by atoms with Gasteiger partial charge in [0, 0.05) is 36.7 Å². The molecule has 1 atom stereocenters. The van der Waals surface area contributed by atoms with Gasteiger partial charge in [-0.3, -0.25) is 9.59 Å². The highest BCUT2D eigenvalue weighted by Gasteiger charge is 2.33. The van der Waals surface area contributed by atoms with Gasteiger partial charge < -0.3 is 5.32 Å². The van der Waals surface area contributed by atoms with E-state index in [2.05, 4.69) is 10.3 Å². The molecule has 0 unspecified atom stereocenters. The van der Waals surface area contributed by atoms with Gasteiger partial charge in [0.25, 0.3) is 0 Å². The Morgan fingerprint density at radius 3 is 2.46 bits per heavy atom. The van der Waals surface area contributed by atoms with E-state index in [-0.39, 0.29) is 23.5 Å². The molecule has 1 heterocycles. The van der Waals surface area contributed by atoms with Gasteiger partial charge in [-0.15, -0.1) is 0 Å². The van der Waals surface area contributed by atoms with E-state index in [4.69, 9.17) is 0 Å². The monoisotopic (exact) mass is 382 g/mol. The molecule has 1 saturated carbocycles. The number of hydrogen-bond acceptors (Lipinski definition) is 3. The number of pyridine rings is 1. The van der Waals surface area contributed by atoms with Crippen LogP contribution in [-0.2, 0) is 4.79 Å². The molecule has 1 amide bonds. The highest BCUT2D eigenvalue weighted by atomic mass is 19.1. The molecule has 28 heavy (non-hydrogen) atoms. The van der Waals surface area contributed by atoms with Gasteiger partial charge in [-0.25, -0.2) is 4.98 Å². The molecule has 0 spiro atoms. The number of rotatable bonds is 6. The van der Waals surface area contributed by atoms with E-state index in [1.165, 1.54) is 17.8 Å². The largest absolute Gasteiger partial charge is 0.359 e. The molecule has 1 aromatic carbocycles. The van der Waals surface area contributed by atoms with Gasteiger partial charge in [0.2, 0.25) is 11.9 Å². The van der Waals surface area contributed by atoms with Crippen LogP contribution < -0.4 is 5.32 Å². The minimum atomic E-state index is -0.525. The smallest absolute Gasteiger partial charge is 0.223 e. The van der Waals surface area contributed by atoms with Crippen molar-refractivity contribution in [2.75, 3.05) is 7.05 Å². The molecular weight excluding hydrogens is 355 g/mol. The second-order valence-corrected chi connectivity index (χ2v) is 8.61. The predicted octanol–water partition coefficient (Wildman–Crippen LogP) is 4.75. The van der Waals surface area contributed by atoms with Gasteiger partial charge >= 0.3 is 0 Å². The van der Waals surface area contributed by atoms with Crippen molar-refractivity contribution in [3.05, 3.63) is 53.6 Å². The first-order valence-corrected chi connectivity index (χ1v) is 9.71. The van der Waals surface area contributed by atoms with Crippen LogP contribution in [0.5, 0.6) is 0 Å². The maximum atomic E-state index is 13.2. The molecule has 0 saturated heterocycles. The maximum absolute atomic E-state index is 13.2. The summed E-state index contributed by atoms with van der Waals surface area (Å²) in [7, 11) is 1.59. The molecule has 3 rings (SSSR count). The summed E-state index contributed by atoms with van der Waals surface area (Å²) in [6.45, 7) is 5.89. The fraction of sp³-hybridized carbons (Fsp3) is 0.435. The Balaban J connectivity index is 1.93. The zero-order valence-electron chi connectivity index (χ0n) is 16.9. The number of carbonyl (C=O) groups excluding carboxylic acids is 2. The lowest BCUT2D eigenvalue weighted by Crippen LogP contribution is -2.37. The lowest BCUT2D eigenvalue weighted by molar-refractivity contribution is -0.127. The lowest BCUT2D eigenvalue weighted by atomic mass is 9.76. The van der Waals surface area contributed by atoms with Gasteiger partial charge in [0.1, 0.15) is 0 Å². The Bertz CT molecular complexity index is 880. The van der Waals surface area contributed by atoms with Crippen molar-refractivity contribution in [1.29, 1.82) is 0 Å². The lowest BCUT2D eigenvalue weighted by Gasteiger charge is -2.28. The Morgan fingerprint density at radius 2 is 1.93 bits per heavy atom. The molecule has 4 nitrogen and oxygen atoms in total. The zero-order valence-corrected chi connectivity index (χ0v) is 16.9. The summed E-state index contributed by atoms with van der Waals surface area (Å²) in [6.07, 6.45) is 3.90. The van der Waals surface area contributed by atoms with Crippen LogP contribution in [0.1, 0.15) is 61.9 Å². The molecule has 1 aliphatic rings. The normalized spacial score (nSPS) is 15.2. The summed E-state index contributed by atoms with van der Waals surface area (Å²) in [4.78, 5) is 29.1. The molecule has 0 radical (unpaired) electrons. The highest BCUT2D eigenvalue weighted by Crippen LogP contribution is 2.44. The molecule has 0 aliphatic heterocycles. The van der Waals surface area contributed by atoms with Crippen LogP contribution in [-0.4, -0.2) is 23.7 Å². The first kappa shape index (κ1) is 20.2. The second-order valence-electron chi connectivity index (χ2n) is 8.61. The summed E-state index contributed by atoms with van der Waals surface area (Å²) in [6, 6.07) is 8.74. The van der Waals surface area contributed by atoms with Crippen LogP contribution in [0.3, 0.4) is 0 Å². The zero-order chi connectivity index (χ0) is 20.5. The molecule has 1 aromatic heterocycles. The number of ketones is 1. The SMILES string of the molecule is CNC(=O)[C@@H](CC(=O)c1ccc(C2CC2)c(-c2ccc(F)nc2)c1)C(C)(C)C. The van der Waals surface area contributed by atoms with Crippen LogP contribution in [0.25, 0.3) is 11.1 Å². The number of hydrogen-bond donors (Lipinski definition) is 1. The van der Waals surface area contributed by atoms with Crippen molar-refractivity contribution in [2.45, 2.75) is 46.0 Å². The van der Waals surface area contributed by atoms with E-state index < -0.39 is 11.9 Å². The van der Waals surface area contributed by atoms with E-state index in [0.717, 1.165) is 24.0 Å². The maximum Gasteiger partial charge on any atom is 0.223 e. The predicted molar refractivity (Wildman–Crippen MR) is 108 cm³/mol. The number of aromatic nitrogens is 1. The number of halogens is 1. The average molecular weight is 382 g/mol.